The first-order chi connectivity index (χ1) is 5.65. The predicted molar refractivity (Wildman–Crippen MR) is 56.1 cm³/mol. The topological polar surface area (TPSA) is 26.0 Å². The van der Waals surface area contributed by atoms with Crippen LogP contribution in [0.25, 0.3) is 0 Å². The molecule has 0 saturated heterocycles. The van der Waals surface area contributed by atoms with E-state index in [0.717, 1.165) is 11.8 Å². The molecule has 2 N–H and O–H groups in total. The molecule has 0 aromatic rings. The lowest BCUT2D eigenvalue weighted by atomic mass is 9.85. The molecule has 1 heteroatoms. The van der Waals surface area contributed by atoms with Crippen LogP contribution in [0.15, 0.2) is 0 Å². The van der Waals surface area contributed by atoms with Crippen LogP contribution in [0.5, 0.6) is 0 Å². The fourth-order valence-electron chi connectivity index (χ4n) is 1.80. The Labute approximate surface area is 77.7 Å². The molecular weight excluding hydrogens is 146 g/mol. The van der Waals surface area contributed by atoms with Crippen molar-refractivity contribution < 1.29 is 0 Å². The standard InChI is InChI=1S/C11H25N/c1-5-10(6-2)8-11(7-3)9(4)12/h9-11H,5-8,12H2,1-4H3. The molecule has 0 radical (unpaired) electrons. The summed E-state index contributed by atoms with van der Waals surface area (Å²) in [4.78, 5) is 0. The summed E-state index contributed by atoms with van der Waals surface area (Å²) in [6.07, 6.45) is 5.16. The maximum absolute atomic E-state index is 5.90. The summed E-state index contributed by atoms with van der Waals surface area (Å²) in [6, 6.07) is 0.371. The van der Waals surface area contributed by atoms with Crippen molar-refractivity contribution in [2.24, 2.45) is 17.6 Å². The van der Waals surface area contributed by atoms with Crippen molar-refractivity contribution in [1.29, 1.82) is 0 Å². The van der Waals surface area contributed by atoms with Gasteiger partial charge in [0.1, 0.15) is 0 Å². The molecule has 0 aliphatic rings. The summed E-state index contributed by atoms with van der Waals surface area (Å²) in [7, 11) is 0. The first kappa shape index (κ1) is 12.0. The zero-order valence-electron chi connectivity index (χ0n) is 9.14. The molecule has 0 bridgehead atoms. The smallest absolute Gasteiger partial charge is 0.00387 e. The first-order valence-electron chi connectivity index (χ1n) is 5.41. The van der Waals surface area contributed by atoms with Crippen molar-refractivity contribution in [3.05, 3.63) is 0 Å². The molecule has 0 aliphatic heterocycles. The van der Waals surface area contributed by atoms with Crippen LogP contribution in [0.1, 0.15) is 53.4 Å². The number of hydrogen-bond donors (Lipinski definition) is 1. The van der Waals surface area contributed by atoms with Crippen molar-refractivity contribution in [3.63, 3.8) is 0 Å². The lowest BCUT2D eigenvalue weighted by molar-refractivity contribution is 0.311. The van der Waals surface area contributed by atoms with Gasteiger partial charge in [-0.25, -0.2) is 0 Å². The predicted octanol–water partition coefficient (Wildman–Crippen LogP) is 3.19. The van der Waals surface area contributed by atoms with E-state index < -0.39 is 0 Å². The van der Waals surface area contributed by atoms with Crippen LogP contribution in [0.2, 0.25) is 0 Å². The third-order valence-electron chi connectivity index (χ3n) is 3.06. The lowest BCUT2D eigenvalue weighted by Gasteiger charge is -2.23. The average Bonchev–Trinajstić information content (AvgIpc) is 2.06. The van der Waals surface area contributed by atoms with Gasteiger partial charge in [0.2, 0.25) is 0 Å². The Morgan fingerprint density at radius 2 is 1.50 bits per heavy atom. The Morgan fingerprint density at radius 3 is 1.75 bits per heavy atom. The normalized spacial score (nSPS) is 16.5. The Balaban J connectivity index is 3.82. The molecule has 0 aromatic carbocycles. The van der Waals surface area contributed by atoms with E-state index in [2.05, 4.69) is 27.7 Å². The van der Waals surface area contributed by atoms with E-state index in [4.69, 9.17) is 5.73 Å². The van der Waals surface area contributed by atoms with Crippen LogP contribution in [0, 0.1) is 11.8 Å². The third-order valence-corrected chi connectivity index (χ3v) is 3.06. The maximum Gasteiger partial charge on any atom is 0.00387 e. The molecule has 0 heterocycles. The van der Waals surface area contributed by atoms with Gasteiger partial charge in [-0.1, -0.05) is 40.0 Å². The Bertz CT molecular complexity index is 95.2. The summed E-state index contributed by atoms with van der Waals surface area (Å²) in [5, 5.41) is 0. The minimum absolute atomic E-state index is 0.371. The van der Waals surface area contributed by atoms with Crippen molar-refractivity contribution in [2.45, 2.75) is 59.4 Å². The molecule has 74 valence electrons. The number of rotatable bonds is 6. The molecular formula is C11H25N. The quantitative estimate of drug-likeness (QED) is 0.652. The number of hydrogen-bond acceptors (Lipinski definition) is 1. The summed E-state index contributed by atoms with van der Waals surface area (Å²) in [5.41, 5.74) is 5.90. The SMILES string of the molecule is CCC(CC)CC(CC)C(C)N. The fraction of sp³-hybridized carbons (Fsp3) is 1.00. The zero-order chi connectivity index (χ0) is 9.56. The van der Waals surface area contributed by atoms with Gasteiger partial charge in [0.25, 0.3) is 0 Å². The Kier molecular flexibility index (Phi) is 6.45. The van der Waals surface area contributed by atoms with E-state index in [-0.39, 0.29) is 0 Å². The number of nitrogens with two attached hydrogens (primary N) is 1. The second-order valence-corrected chi connectivity index (χ2v) is 3.95. The van der Waals surface area contributed by atoms with Crippen molar-refractivity contribution >= 4 is 0 Å². The molecule has 0 amide bonds. The second kappa shape index (κ2) is 6.47. The average molecular weight is 171 g/mol. The molecule has 0 fully saturated rings. The van der Waals surface area contributed by atoms with Crippen LogP contribution in [-0.4, -0.2) is 6.04 Å². The van der Waals surface area contributed by atoms with E-state index >= 15 is 0 Å². The van der Waals surface area contributed by atoms with Gasteiger partial charge in [0.05, 0.1) is 0 Å². The maximum atomic E-state index is 5.90. The highest BCUT2D eigenvalue weighted by molar-refractivity contribution is 4.70. The van der Waals surface area contributed by atoms with Crippen LogP contribution >= 0.6 is 0 Å². The Hall–Kier alpha value is -0.0400. The van der Waals surface area contributed by atoms with Crippen LogP contribution in [0.4, 0.5) is 0 Å². The second-order valence-electron chi connectivity index (χ2n) is 3.95. The molecule has 12 heavy (non-hydrogen) atoms. The molecule has 0 aromatic heterocycles. The molecule has 0 rings (SSSR count). The van der Waals surface area contributed by atoms with Gasteiger partial charge in [0.15, 0.2) is 0 Å². The highest BCUT2D eigenvalue weighted by Crippen LogP contribution is 2.22. The van der Waals surface area contributed by atoms with Crippen molar-refractivity contribution in [2.75, 3.05) is 0 Å². The van der Waals surface area contributed by atoms with E-state index in [1.165, 1.54) is 25.7 Å². The van der Waals surface area contributed by atoms with E-state index in [1.54, 1.807) is 0 Å². The fourth-order valence-corrected chi connectivity index (χ4v) is 1.80. The summed E-state index contributed by atoms with van der Waals surface area (Å²) in [6.45, 7) is 8.94. The van der Waals surface area contributed by atoms with Gasteiger partial charge in [0, 0.05) is 6.04 Å². The van der Waals surface area contributed by atoms with Crippen molar-refractivity contribution in [1.82, 2.24) is 0 Å². The summed E-state index contributed by atoms with van der Waals surface area (Å²) < 4.78 is 0. The van der Waals surface area contributed by atoms with Gasteiger partial charge >= 0.3 is 0 Å². The highest BCUT2D eigenvalue weighted by atomic mass is 14.6. The zero-order valence-corrected chi connectivity index (χ0v) is 9.14. The van der Waals surface area contributed by atoms with Crippen LogP contribution in [-0.2, 0) is 0 Å². The minimum Gasteiger partial charge on any atom is -0.328 e. The van der Waals surface area contributed by atoms with Gasteiger partial charge < -0.3 is 5.73 Å². The third kappa shape index (κ3) is 4.10. The Morgan fingerprint density at radius 1 is 1.00 bits per heavy atom. The van der Waals surface area contributed by atoms with Gasteiger partial charge in [-0.2, -0.15) is 0 Å². The lowest BCUT2D eigenvalue weighted by Crippen LogP contribution is -2.27. The molecule has 0 saturated carbocycles. The molecule has 0 aliphatic carbocycles. The van der Waals surface area contributed by atoms with Gasteiger partial charge in [-0.15, -0.1) is 0 Å². The molecule has 2 atom stereocenters. The van der Waals surface area contributed by atoms with Crippen LogP contribution in [0.3, 0.4) is 0 Å². The largest absolute Gasteiger partial charge is 0.328 e. The van der Waals surface area contributed by atoms with Gasteiger partial charge in [-0.3, -0.25) is 0 Å². The molecule has 0 spiro atoms. The molecule has 2 unspecified atom stereocenters. The monoisotopic (exact) mass is 171 g/mol. The van der Waals surface area contributed by atoms with E-state index in [9.17, 15) is 0 Å². The van der Waals surface area contributed by atoms with Crippen molar-refractivity contribution in [3.8, 4) is 0 Å². The first-order valence-corrected chi connectivity index (χ1v) is 5.41. The van der Waals surface area contributed by atoms with Gasteiger partial charge in [-0.05, 0) is 25.2 Å². The molecule has 1 nitrogen and oxygen atoms in total. The van der Waals surface area contributed by atoms with Crippen LogP contribution < -0.4 is 5.73 Å². The summed E-state index contributed by atoms with van der Waals surface area (Å²) >= 11 is 0. The summed E-state index contributed by atoms with van der Waals surface area (Å²) in [5.74, 6) is 1.62. The van der Waals surface area contributed by atoms with E-state index in [1.807, 2.05) is 0 Å². The minimum atomic E-state index is 0.371. The highest BCUT2D eigenvalue weighted by Gasteiger charge is 2.15. The van der Waals surface area contributed by atoms with E-state index in [0.29, 0.717) is 6.04 Å².